The van der Waals surface area contributed by atoms with Gasteiger partial charge < -0.3 is 10.1 Å². The summed E-state index contributed by atoms with van der Waals surface area (Å²) in [5.74, 6) is 0.484. The normalized spacial score (nSPS) is 9.00. The molecule has 2 rings (SSSR count). The first-order valence-electron chi connectivity index (χ1n) is 6.66. The van der Waals surface area contributed by atoms with Crippen molar-refractivity contribution >= 4 is 11.4 Å². The average molecular weight is 332 g/mol. The fraction of sp³-hybridized carbons (Fsp3) is 0. The third-order valence-corrected chi connectivity index (χ3v) is 2.83. The molecule has 9 nitrogen and oxygen atoms in total. The molecule has 120 valence electrons. The van der Waals surface area contributed by atoms with E-state index in [1.807, 2.05) is 0 Å². The Kier molecular flexibility index (Phi) is 5.24. The number of allylic oxidation sites excluding steroid dienone is 2. The summed E-state index contributed by atoms with van der Waals surface area (Å²) in [7, 11) is 0. The van der Waals surface area contributed by atoms with Crippen LogP contribution in [0.15, 0.2) is 54.0 Å². The molecule has 1 aromatic heterocycles. The van der Waals surface area contributed by atoms with Crippen molar-refractivity contribution in [1.82, 2.24) is 4.98 Å². The third kappa shape index (κ3) is 4.28. The maximum Gasteiger partial charge on any atom is 0.275 e. The third-order valence-electron chi connectivity index (χ3n) is 2.83. The van der Waals surface area contributed by atoms with Crippen LogP contribution in [-0.4, -0.2) is 9.91 Å². The number of nitro groups is 1. The minimum absolute atomic E-state index is 0.118. The topological polar surface area (TPSA) is 149 Å². The van der Waals surface area contributed by atoms with E-state index in [1.165, 1.54) is 18.3 Å². The molecule has 0 saturated heterocycles. The molecule has 0 atom stereocenters. The molecule has 9 heteroatoms. The number of aromatic nitrogens is 1. The predicted octanol–water partition coefficient (Wildman–Crippen LogP) is 3.02. The fourth-order valence-electron chi connectivity index (χ4n) is 1.79. The summed E-state index contributed by atoms with van der Waals surface area (Å²) >= 11 is 0. The van der Waals surface area contributed by atoms with Crippen LogP contribution in [-0.2, 0) is 0 Å². The van der Waals surface area contributed by atoms with Crippen LogP contribution in [0.1, 0.15) is 0 Å². The van der Waals surface area contributed by atoms with E-state index in [1.54, 1.807) is 36.5 Å². The summed E-state index contributed by atoms with van der Waals surface area (Å²) < 4.78 is 5.50. The molecular weight excluding hydrogens is 324 g/mol. The van der Waals surface area contributed by atoms with Gasteiger partial charge in [-0.3, -0.25) is 15.1 Å². The van der Waals surface area contributed by atoms with Crippen molar-refractivity contribution < 1.29 is 9.66 Å². The Labute approximate surface area is 141 Å². The maximum atomic E-state index is 11.1. The smallest absolute Gasteiger partial charge is 0.275 e. The van der Waals surface area contributed by atoms with Crippen LogP contribution in [0.25, 0.3) is 0 Å². The van der Waals surface area contributed by atoms with Crippen molar-refractivity contribution in [2.24, 2.45) is 0 Å². The molecule has 0 radical (unpaired) electrons. The lowest BCUT2D eigenvalue weighted by Gasteiger charge is -2.09. The molecule has 25 heavy (non-hydrogen) atoms. The number of nitro benzene ring substituents is 1. The van der Waals surface area contributed by atoms with E-state index in [9.17, 15) is 10.1 Å². The molecular formula is C16H8N6O3. The lowest BCUT2D eigenvalue weighted by atomic mass is 10.2. The van der Waals surface area contributed by atoms with Gasteiger partial charge in [0.1, 0.15) is 35.4 Å². The number of ether oxygens (including phenoxy) is 1. The number of hydrogen-bond acceptors (Lipinski definition) is 8. The summed E-state index contributed by atoms with van der Waals surface area (Å²) in [5.41, 5.74) is -0.939. The Morgan fingerprint density at radius 1 is 1.16 bits per heavy atom. The van der Waals surface area contributed by atoms with E-state index in [4.69, 9.17) is 20.5 Å². The second-order valence-electron chi connectivity index (χ2n) is 4.47. The highest BCUT2D eigenvalue weighted by atomic mass is 16.6. The summed E-state index contributed by atoms with van der Waals surface area (Å²) in [5, 5.41) is 40.3. The molecule has 0 fully saturated rings. The second-order valence-corrected chi connectivity index (χ2v) is 4.47. The number of benzene rings is 1. The van der Waals surface area contributed by atoms with Gasteiger partial charge in [-0.2, -0.15) is 15.8 Å². The molecule has 0 saturated carbocycles. The molecule has 1 heterocycles. The van der Waals surface area contributed by atoms with E-state index < -0.39 is 10.5 Å². The Hall–Kier alpha value is -4.42. The van der Waals surface area contributed by atoms with Gasteiger partial charge in [-0.25, -0.2) is 0 Å². The van der Waals surface area contributed by atoms with Crippen molar-refractivity contribution in [3.8, 4) is 29.7 Å². The van der Waals surface area contributed by atoms with E-state index >= 15 is 0 Å². The van der Waals surface area contributed by atoms with Crippen LogP contribution >= 0.6 is 0 Å². The largest absolute Gasteiger partial charge is 0.455 e. The van der Waals surface area contributed by atoms with Crippen molar-refractivity contribution in [2.75, 3.05) is 5.32 Å². The minimum atomic E-state index is -0.632. The van der Waals surface area contributed by atoms with Gasteiger partial charge in [0.15, 0.2) is 5.57 Å². The average Bonchev–Trinajstić information content (AvgIpc) is 2.62. The van der Waals surface area contributed by atoms with Gasteiger partial charge in [0.05, 0.1) is 17.2 Å². The molecule has 0 bridgehead atoms. The SMILES string of the molecule is N#CC(C#N)=C(C#N)Nc1cc(Oc2cccnc2)cc([N+](=O)[O-])c1. The molecule has 1 N–H and O–H groups in total. The molecule has 2 aromatic rings. The van der Waals surface area contributed by atoms with Crippen molar-refractivity contribution in [3.05, 3.63) is 64.1 Å². The summed E-state index contributed by atoms with van der Waals surface area (Å²) in [6.45, 7) is 0. The number of rotatable bonds is 5. The van der Waals surface area contributed by atoms with Crippen LogP contribution in [0.5, 0.6) is 11.5 Å². The second kappa shape index (κ2) is 7.73. The molecule has 0 aliphatic rings. The standard InChI is InChI=1S/C16H8N6O3/c17-7-11(8-18)16(9-19)21-12-4-13(22(23)24)6-15(5-12)25-14-2-1-3-20-10-14/h1-6,10,21H. The molecule has 0 amide bonds. The zero-order chi connectivity index (χ0) is 18.2. The van der Waals surface area contributed by atoms with Crippen molar-refractivity contribution in [2.45, 2.75) is 0 Å². The number of non-ortho nitro benzene ring substituents is 1. The number of pyridine rings is 1. The highest BCUT2D eigenvalue weighted by Crippen LogP contribution is 2.30. The number of nitrogens with zero attached hydrogens (tertiary/aromatic N) is 5. The van der Waals surface area contributed by atoms with Crippen LogP contribution in [0, 0.1) is 44.1 Å². The lowest BCUT2D eigenvalue weighted by Crippen LogP contribution is -2.02. The van der Waals surface area contributed by atoms with Crippen LogP contribution < -0.4 is 10.1 Å². The maximum absolute atomic E-state index is 11.1. The monoisotopic (exact) mass is 332 g/mol. The van der Waals surface area contributed by atoms with Gasteiger partial charge in [-0.1, -0.05) is 0 Å². The molecule has 0 aliphatic carbocycles. The molecule has 0 spiro atoms. The van der Waals surface area contributed by atoms with E-state index in [0.29, 0.717) is 5.75 Å². The van der Waals surface area contributed by atoms with Gasteiger partial charge in [-0.15, -0.1) is 0 Å². The Balaban J connectivity index is 2.44. The first-order chi connectivity index (χ1) is 12.1. The first kappa shape index (κ1) is 16.9. The van der Waals surface area contributed by atoms with Gasteiger partial charge in [0.25, 0.3) is 5.69 Å². The first-order valence-corrected chi connectivity index (χ1v) is 6.66. The van der Waals surface area contributed by atoms with Crippen LogP contribution in [0.4, 0.5) is 11.4 Å². The zero-order valence-corrected chi connectivity index (χ0v) is 12.5. The Morgan fingerprint density at radius 2 is 1.92 bits per heavy atom. The highest BCUT2D eigenvalue weighted by Gasteiger charge is 2.14. The lowest BCUT2D eigenvalue weighted by molar-refractivity contribution is -0.384. The van der Waals surface area contributed by atoms with Crippen LogP contribution in [0.3, 0.4) is 0 Å². The molecule has 1 aromatic carbocycles. The summed E-state index contributed by atoms with van der Waals surface area (Å²) in [6.07, 6.45) is 2.97. The number of hydrogen-bond donors (Lipinski definition) is 1. The van der Waals surface area contributed by atoms with Gasteiger partial charge >= 0.3 is 0 Å². The van der Waals surface area contributed by atoms with Gasteiger partial charge in [0, 0.05) is 24.0 Å². The Morgan fingerprint density at radius 3 is 2.48 bits per heavy atom. The van der Waals surface area contributed by atoms with E-state index in [0.717, 1.165) is 6.07 Å². The zero-order valence-electron chi connectivity index (χ0n) is 12.5. The van der Waals surface area contributed by atoms with Crippen molar-refractivity contribution in [1.29, 1.82) is 15.8 Å². The number of nitriles is 3. The highest BCUT2D eigenvalue weighted by molar-refractivity contribution is 5.63. The summed E-state index contributed by atoms with van der Waals surface area (Å²) in [6, 6.07) is 11.8. The molecule has 0 unspecified atom stereocenters. The fourth-order valence-corrected chi connectivity index (χ4v) is 1.79. The van der Waals surface area contributed by atoms with Crippen LogP contribution in [0.2, 0.25) is 0 Å². The summed E-state index contributed by atoms with van der Waals surface area (Å²) in [4.78, 5) is 14.3. The van der Waals surface area contributed by atoms with Crippen molar-refractivity contribution in [3.63, 3.8) is 0 Å². The number of nitrogens with one attached hydrogen (secondary N) is 1. The van der Waals surface area contributed by atoms with Gasteiger partial charge in [-0.05, 0) is 12.1 Å². The number of anilines is 1. The molecule has 0 aliphatic heterocycles. The van der Waals surface area contributed by atoms with E-state index in [-0.39, 0.29) is 22.8 Å². The Bertz CT molecular complexity index is 948. The minimum Gasteiger partial charge on any atom is -0.455 e. The predicted molar refractivity (Wildman–Crippen MR) is 84.9 cm³/mol. The van der Waals surface area contributed by atoms with E-state index in [2.05, 4.69) is 10.3 Å². The quantitative estimate of drug-likeness (QED) is 0.498. The van der Waals surface area contributed by atoms with Gasteiger partial charge in [0.2, 0.25) is 0 Å².